The molecule has 0 saturated carbocycles. The van der Waals surface area contributed by atoms with Crippen molar-refractivity contribution in [2.75, 3.05) is 13.1 Å². The van der Waals surface area contributed by atoms with Gasteiger partial charge in [0.1, 0.15) is 5.75 Å². The first kappa shape index (κ1) is 16.9. The number of hydrogen-bond donors (Lipinski definition) is 3. The molecular formula is C18H19N3O4. The van der Waals surface area contributed by atoms with Gasteiger partial charge in [-0.15, -0.1) is 0 Å². The number of β-amino-alcohol motifs (C(OH)–C–C–N with tert-alkyl or cyclic N) is 1. The summed E-state index contributed by atoms with van der Waals surface area (Å²) in [5.41, 5.74) is 0.840. The Hall–Kier alpha value is -2.93. The maximum Gasteiger partial charge on any atom is 0.254 e. The Morgan fingerprint density at radius 1 is 1.16 bits per heavy atom. The molecule has 7 heteroatoms. The Balaban J connectivity index is 1.61. The summed E-state index contributed by atoms with van der Waals surface area (Å²) in [7, 11) is 0. The van der Waals surface area contributed by atoms with Crippen molar-refractivity contribution in [3.8, 4) is 5.75 Å². The summed E-state index contributed by atoms with van der Waals surface area (Å²) in [4.78, 5) is 30.0. The highest BCUT2D eigenvalue weighted by atomic mass is 16.3. The normalized spacial score (nSPS) is 20.1. The average Bonchev–Trinajstić information content (AvgIpc) is 2.63. The van der Waals surface area contributed by atoms with E-state index in [2.05, 4.69) is 10.3 Å². The zero-order chi connectivity index (χ0) is 17.8. The van der Waals surface area contributed by atoms with Crippen molar-refractivity contribution in [2.24, 2.45) is 0 Å². The van der Waals surface area contributed by atoms with Gasteiger partial charge in [-0.2, -0.15) is 0 Å². The number of phenolic OH excluding ortho intramolecular Hbond substituents is 1. The van der Waals surface area contributed by atoms with E-state index < -0.39 is 12.1 Å². The van der Waals surface area contributed by atoms with Gasteiger partial charge in [0.15, 0.2) is 0 Å². The van der Waals surface area contributed by atoms with Crippen LogP contribution in [0.3, 0.4) is 0 Å². The van der Waals surface area contributed by atoms with Crippen molar-refractivity contribution in [1.29, 1.82) is 0 Å². The Labute approximate surface area is 144 Å². The maximum absolute atomic E-state index is 12.5. The number of pyridine rings is 1. The molecule has 0 aliphatic carbocycles. The lowest BCUT2D eigenvalue weighted by atomic mass is 10.0. The molecule has 2 amide bonds. The second-order valence-corrected chi connectivity index (χ2v) is 5.97. The molecule has 1 aliphatic heterocycles. The predicted octanol–water partition coefficient (Wildman–Crippen LogP) is 0.793. The molecule has 0 unspecified atom stereocenters. The molecule has 1 fully saturated rings. The number of piperidine rings is 1. The van der Waals surface area contributed by atoms with Gasteiger partial charge in [0.05, 0.1) is 12.1 Å². The number of aromatic hydroxyl groups is 1. The molecule has 1 saturated heterocycles. The Bertz CT molecular complexity index is 766. The molecule has 2 aromatic rings. The number of carbonyl (C=O) groups is 2. The van der Waals surface area contributed by atoms with Crippen molar-refractivity contribution in [3.63, 3.8) is 0 Å². The zero-order valence-electron chi connectivity index (χ0n) is 13.5. The molecule has 130 valence electrons. The topological polar surface area (TPSA) is 103 Å². The molecule has 1 aliphatic rings. The predicted molar refractivity (Wildman–Crippen MR) is 90.1 cm³/mol. The quantitative estimate of drug-likeness (QED) is 0.766. The molecule has 0 spiro atoms. The van der Waals surface area contributed by atoms with Crippen LogP contribution in [-0.4, -0.2) is 57.1 Å². The fraction of sp³-hybridized carbons (Fsp3) is 0.278. The zero-order valence-corrected chi connectivity index (χ0v) is 13.5. The molecule has 25 heavy (non-hydrogen) atoms. The van der Waals surface area contributed by atoms with Crippen LogP contribution in [0.4, 0.5) is 0 Å². The summed E-state index contributed by atoms with van der Waals surface area (Å²) in [6.45, 7) is 0.530. The van der Waals surface area contributed by atoms with E-state index in [-0.39, 0.29) is 24.1 Å². The Morgan fingerprint density at radius 3 is 2.60 bits per heavy atom. The largest absolute Gasteiger partial charge is 0.508 e. The van der Waals surface area contributed by atoms with Crippen molar-refractivity contribution in [3.05, 3.63) is 59.9 Å². The van der Waals surface area contributed by atoms with Crippen molar-refractivity contribution in [1.82, 2.24) is 15.2 Å². The smallest absolute Gasteiger partial charge is 0.254 e. The number of phenols is 1. The van der Waals surface area contributed by atoms with Gasteiger partial charge in [-0.1, -0.05) is 6.07 Å². The minimum Gasteiger partial charge on any atom is -0.508 e. The number of benzene rings is 1. The highest BCUT2D eigenvalue weighted by molar-refractivity contribution is 5.95. The third kappa shape index (κ3) is 3.95. The lowest BCUT2D eigenvalue weighted by Gasteiger charge is -2.36. The van der Waals surface area contributed by atoms with Gasteiger partial charge in [-0.3, -0.25) is 14.6 Å². The Kier molecular flexibility index (Phi) is 4.95. The van der Waals surface area contributed by atoms with Crippen LogP contribution in [0.15, 0.2) is 48.8 Å². The lowest BCUT2D eigenvalue weighted by molar-refractivity contribution is 0.0314. The Morgan fingerprint density at radius 2 is 1.92 bits per heavy atom. The first-order valence-electron chi connectivity index (χ1n) is 8.02. The van der Waals surface area contributed by atoms with Crippen LogP contribution in [0, 0.1) is 0 Å². The van der Waals surface area contributed by atoms with Gasteiger partial charge >= 0.3 is 0 Å². The van der Waals surface area contributed by atoms with Gasteiger partial charge in [0.2, 0.25) is 0 Å². The molecule has 1 aromatic heterocycles. The van der Waals surface area contributed by atoms with E-state index in [9.17, 15) is 19.8 Å². The maximum atomic E-state index is 12.5. The second kappa shape index (κ2) is 7.31. The molecule has 0 radical (unpaired) electrons. The van der Waals surface area contributed by atoms with Crippen molar-refractivity contribution >= 4 is 11.8 Å². The third-order valence-electron chi connectivity index (χ3n) is 4.22. The molecule has 7 nitrogen and oxygen atoms in total. The first-order valence-corrected chi connectivity index (χ1v) is 8.02. The van der Waals surface area contributed by atoms with E-state index in [1.165, 1.54) is 29.4 Å². The average molecular weight is 341 g/mol. The summed E-state index contributed by atoms with van der Waals surface area (Å²) >= 11 is 0. The van der Waals surface area contributed by atoms with Crippen LogP contribution in [0.2, 0.25) is 0 Å². The summed E-state index contributed by atoms with van der Waals surface area (Å²) in [5, 5.41) is 22.6. The SMILES string of the molecule is O=C(N[C@@H]1CCN(C(=O)c2cccc(O)c2)C[C@H]1O)c1ccncc1. The number of aliphatic hydroxyl groups is 1. The monoisotopic (exact) mass is 341 g/mol. The van der Waals surface area contributed by atoms with Crippen molar-refractivity contribution in [2.45, 2.75) is 18.6 Å². The van der Waals surface area contributed by atoms with E-state index in [1.54, 1.807) is 24.3 Å². The number of aliphatic hydroxyl groups excluding tert-OH is 1. The molecule has 2 atom stereocenters. The van der Waals surface area contributed by atoms with Gasteiger partial charge < -0.3 is 20.4 Å². The van der Waals surface area contributed by atoms with Gasteiger partial charge in [0.25, 0.3) is 11.8 Å². The highest BCUT2D eigenvalue weighted by Crippen LogP contribution is 2.18. The fourth-order valence-corrected chi connectivity index (χ4v) is 2.86. The van der Waals surface area contributed by atoms with E-state index in [0.29, 0.717) is 24.1 Å². The summed E-state index contributed by atoms with van der Waals surface area (Å²) in [5.74, 6) is -0.515. The van der Waals surface area contributed by atoms with Crippen LogP contribution < -0.4 is 5.32 Å². The van der Waals surface area contributed by atoms with Gasteiger partial charge in [-0.25, -0.2) is 0 Å². The second-order valence-electron chi connectivity index (χ2n) is 5.97. The van der Waals surface area contributed by atoms with E-state index >= 15 is 0 Å². The molecule has 3 N–H and O–H groups in total. The lowest BCUT2D eigenvalue weighted by Crippen LogP contribution is -2.55. The minimum absolute atomic E-state index is 0.0194. The molecular weight excluding hydrogens is 322 g/mol. The van der Waals surface area contributed by atoms with Crippen LogP contribution in [-0.2, 0) is 0 Å². The van der Waals surface area contributed by atoms with Gasteiger partial charge in [-0.05, 0) is 36.8 Å². The first-order chi connectivity index (χ1) is 12.0. The third-order valence-corrected chi connectivity index (χ3v) is 4.22. The number of hydrogen-bond acceptors (Lipinski definition) is 5. The molecule has 1 aromatic carbocycles. The number of nitrogens with zero attached hydrogens (tertiary/aromatic N) is 2. The standard InChI is InChI=1S/C18H19N3O4/c22-14-3-1-2-13(10-14)18(25)21-9-6-15(16(23)11-21)20-17(24)12-4-7-19-8-5-12/h1-5,7-8,10,15-16,22-23H,6,9,11H2,(H,20,24)/t15-,16-/m1/s1. The van der Waals surface area contributed by atoms with Crippen LogP contribution in [0.1, 0.15) is 27.1 Å². The number of nitrogens with one attached hydrogen (secondary N) is 1. The number of aromatic nitrogens is 1. The number of carbonyl (C=O) groups excluding carboxylic acids is 2. The fourth-order valence-electron chi connectivity index (χ4n) is 2.86. The summed E-state index contributed by atoms with van der Waals surface area (Å²) in [6, 6.07) is 8.88. The number of amides is 2. The number of rotatable bonds is 3. The molecule has 3 rings (SSSR count). The molecule has 0 bridgehead atoms. The summed E-state index contributed by atoms with van der Waals surface area (Å²) in [6.07, 6.45) is 2.65. The summed E-state index contributed by atoms with van der Waals surface area (Å²) < 4.78 is 0. The van der Waals surface area contributed by atoms with Gasteiger partial charge in [0, 0.05) is 36.6 Å². The number of likely N-dealkylation sites (tertiary alicyclic amines) is 1. The van der Waals surface area contributed by atoms with Crippen LogP contribution in [0.5, 0.6) is 5.75 Å². The van der Waals surface area contributed by atoms with Crippen LogP contribution >= 0.6 is 0 Å². The van der Waals surface area contributed by atoms with Crippen molar-refractivity contribution < 1.29 is 19.8 Å². The van der Waals surface area contributed by atoms with E-state index in [0.717, 1.165) is 0 Å². The van der Waals surface area contributed by atoms with Crippen LogP contribution in [0.25, 0.3) is 0 Å². The van der Waals surface area contributed by atoms with E-state index in [1.807, 2.05) is 0 Å². The van der Waals surface area contributed by atoms with E-state index in [4.69, 9.17) is 0 Å². The minimum atomic E-state index is -0.860. The molecule has 2 heterocycles. The highest BCUT2D eigenvalue weighted by Gasteiger charge is 2.31.